The first-order valence-corrected chi connectivity index (χ1v) is 7.35. The van der Waals surface area contributed by atoms with Crippen LogP contribution in [0.2, 0.25) is 0 Å². The van der Waals surface area contributed by atoms with Crippen molar-refractivity contribution in [3.63, 3.8) is 0 Å². The van der Waals surface area contributed by atoms with Gasteiger partial charge in [-0.05, 0) is 37.2 Å². The average molecular weight is 373 g/mol. The second kappa shape index (κ2) is 12.8. The van der Waals surface area contributed by atoms with Crippen molar-refractivity contribution in [1.82, 2.24) is 5.32 Å². The van der Waals surface area contributed by atoms with Crippen molar-refractivity contribution in [1.29, 1.82) is 0 Å². The fraction of sp³-hybridized carbons (Fsp3) is 0.917. The third kappa shape index (κ3) is 14.3. The van der Waals surface area contributed by atoms with E-state index in [9.17, 15) is 0 Å². The summed E-state index contributed by atoms with van der Waals surface area (Å²) < 4.78 is 0. The van der Waals surface area contributed by atoms with Gasteiger partial charge in [0.05, 0.1) is 0 Å². The molecule has 5 heteroatoms. The Morgan fingerprint density at radius 1 is 1.35 bits per heavy atom. The van der Waals surface area contributed by atoms with Crippen molar-refractivity contribution in [2.24, 2.45) is 16.6 Å². The van der Waals surface area contributed by atoms with E-state index in [2.05, 4.69) is 38.0 Å². The molecule has 0 radical (unpaired) electrons. The summed E-state index contributed by atoms with van der Waals surface area (Å²) in [5, 5.41) is 3.16. The largest absolute Gasteiger partial charge is 0.370 e. The molecule has 0 fully saturated rings. The van der Waals surface area contributed by atoms with E-state index in [0.29, 0.717) is 12.0 Å². The number of hydrogen-bond donors (Lipinski definition) is 2. The fourth-order valence-electron chi connectivity index (χ4n) is 1.09. The minimum absolute atomic E-state index is 0. The highest BCUT2D eigenvalue weighted by molar-refractivity contribution is 14.0. The zero-order valence-electron chi connectivity index (χ0n) is 11.5. The van der Waals surface area contributed by atoms with Gasteiger partial charge in [-0.25, -0.2) is 0 Å². The molecule has 0 heterocycles. The maximum absolute atomic E-state index is 5.75. The topological polar surface area (TPSA) is 50.4 Å². The van der Waals surface area contributed by atoms with Gasteiger partial charge in [0.2, 0.25) is 0 Å². The Morgan fingerprint density at radius 3 is 2.53 bits per heavy atom. The van der Waals surface area contributed by atoms with E-state index in [-0.39, 0.29) is 24.0 Å². The van der Waals surface area contributed by atoms with E-state index in [0.717, 1.165) is 25.3 Å². The molecule has 0 spiro atoms. The second-order valence-electron chi connectivity index (χ2n) is 4.54. The number of guanidine groups is 1. The van der Waals surface area contributed by atoms with Gasteiger partial charge in [0.15, 0.2) is 5.96 Å². The van der Waals surface area contributed by atoms with E-state index < -0.39 is 0 Å². The second-order valence-corrected chi connectivity index (χ2v) is 5.69. The van der Waals surface area contributed by atoms with Crippen molar-refractivity contribution >= 4 is 41.7 Å². The monoisotopic (exact) mass is 373 g/mol. The Bertz CT molecular complexity index is 198. The zero-order valence-corrected chi connectivity index (χ0v) is 14.7. The molecule has 3 N–H and O–H groups in total. The maximum Gasteiger partial charge on any atom is 0.188 e. The number of thioether (sulfide) groups is 1. The number of nitrogens with one attached hydrogen (secondary N) is 1. The highest BCUT2D eigenvalue weighted by atomic mass is 127. The molecule has 0 bridgehead atoms. The lowest BCUT2D eigenvalue weighted by Gasteiger charge is -2.11. The molecule has 1 atom stereocenters. The Kier molecular flexibility index (Phi) is 14.8. The molecule has 104 valence electrons. The van der Waals surface area contributed by atoms with Gasteiger partial charge in [-0.2, -0.15) is 11.8 Å². The Balaban J connectivity index is 0. The zero-order chi connectivity index (χ0) is 12.4. The van der Waals surface area contributed by atoms with E-state index in [1.54, 1.807) is 0 Å². The molecule has 0 aliphatic carbocycles. The van der Waals surface area contributed by atoms with Gasteiger partial charge in [-0.1, -0.05) is 20.8 Å². The highest BCUT2D eigenvalue weighted by Gasteiger charge is 1.98. The Hall–Kier alpha value is 0.350. The van der Waals surface area contributed by atoms with E-state index in [1.165, 1.54) is 11.5 Å². The number of aliphatic imine (C=N–C) groups is 1. The maximum atomic E-state index is 5.75. The molecule has 0 saturated heterocycles. The first-order valence-electron chi connectivity index (χ1n) is 6.20. The SMILES string of the molecule is CCC(C)NC(N)=NCCCSCC(C)C.I. The molecular formula is C12H28IN3S. The van der Waals surface area contributed by atoms with Gasteiger partial charge in [0.1, 0.15) is 0 Å². The van der Waals surface area contributed by atoms with Gasteiger partial charge in [-0.15, -0.1) is 24.0 Å². The standard InChI is InChI=1S/C12H27N3S.HI/c1-5-11(4)15-12(13)14-7-6-8-16-9-10(2)3;/h10-11H,5-9H2,1-4H3,(H3,13,14,15);1H. The highest BCUT2D eigenvalue weighted by Crippen LogP contribution is 2.08. The predicted octanol–water partition coefficient (Wildman–Crippen LogP) is 3.09. The molecule has 0 aliphatic heterocycles. The minimum atomic E-state index is 0. The van der Waals surface area contributed by atoms with Gasteiger partial charge >= 0.3 is 0 Å². The van der Waals surface area contributed by atoms with E-state index in [4.69, 9.17) is 5.73 Å². The molecule has 0 aromatic carbocycles. The van der Waals surface area contributed by atoms with Gasteiger partial charge < -0.3 is 11.1 Å². The van der Waals surface area contributed by atoms with Gasteiger partial charge in [0.25, 0.3) is 0 Å². The van der Waals surface area contributed by atoms with Crippen LogP contribution in [0, 0.1) is 5.92 Å². The van der Waals surface area contributed by atoms with Crippen LogP contribution in [0.15, 0.2) is 4.99 Å². The van der Waals surface area contributed by atoms with Crippen molar-refractivity contribution < 1.29 is 0 Å². The quantitative estimate of drug-likeness (QED) is 0.298. The van der Waals surface area contributed by atoms with Crippen molar-refractivity contribution in [3.05, 3.63) is 0 Å². The van der Waals surface area contributed by atoms with Crippen LogP contribution in [0.1, 0.15) is 40.5 Å². The number of rotatable bonds is 8. The number of halogens is 1. The summed E-state index contributed by atoms with van der Waals surface area (Å²) in [5.41, 5.74) is 5.75. The molecule has 0 rings (SSSR count). The van der Waals surface area contributed by atoms with Crippen LogP contribution >= 0.6 is 35.7 Å². The molecule has 0 aliphatic rings. The minimum Gasteiger partial charge on any atom is -0.370 e. The third-order valence-electron chi connectivity index (χ3n) is 2.19. The lowest BCUT2D eigenvalue weighted by atomic mass is 10.3. The van der Waals surface area contributed by atoms with Gasteiger partial charge in [-0.3, -0.25) is 4.99 Å². The summed E-state index contributed by atoms with van der Waals surface area (Å²) in [5.74, 6) is 3.79. The van der Waals surface area contributed by atoms with Crippen LogP contribution in [0.5, 0.6) is 0 Å². The first kappa shape index (κ1) is 19.7. The summed E-state index contributed by atoms with van der Waals surface area (Å²) in [6, 6.07) is 0.416. The van der Waals surface area contributed by atoms with Crippen molar-refractivity contribution in [2.75, 3.05) is 18.1 Å². The van der Waals surface area contributed by atoms with E-state index in [1.807, 2.05) is 11.8 Å². The predicted molar refractivity (Wildman–Crippen MR) is 91.6 cm³/mol. The molecule has 3 nitrogen and oxygen atoms in total. The fourth-order valence-corrected chi connectivity index (χ4v) is 2.06. The van der Waals surface area contributed by atoms with Crippen LogP contribution in [-0.4, -0.2) is 30.1 Å². The molecule has 0 saturated carbocycles. The van der Waals surface area contributed by atoms with E-state index >= 15 is 0 Å². The third-order valence-corrected chi connectivity index (χ3v) is 3.67. The summed E-state index contributed by atoms with van der Waals surface area (Å²) >= 11 is 2.00. The van der Waals surface area contributed by atoms with Gasteiger partial charge in [0, 0.05) is 12.6 Å². The Morgan fingerprint density at radius 2 is 2.00 bits per heavy atom. The summed E-state index contributed by atoms with van der Waals surface area (Å²) in [6.07, 6.45) is 2.18. The summed E-state index contributed by atoms with van der Waals surface area (Å²) in [4.78, 5) is 4.30. The molecular weight excluding hydrogens is 345 g/mol. The lowest BCUT2D eigenvalue weighted by Crippen LogP contribution is -2.38. The number of hydrogen-bond acceptors (Lipinski definition) is 2. The average Bonchev–Trinajstić information content (AvgIpc) is 2.22. The number of nitrogens with zero attached hydrogens (tertiary/aromatic N) is 1. The molecule has 0 aromatic rings. The van der Waals surface area contributed by atoms with Crippen molar-refractivity contribution in [3.8, 4) is 0 Å². The molecule has 1 unspecified atom stereocenters. The summed E-state index contributed by atoms with van der Waals surface area (Å²) in [7, 11) is 0. The lowest BCUT2D eigenvalue weighted by molar-refractivity contribution is 0.636. The van der Waals surface area contributed by atoms with Crippen molar-refractivity contribution in [2.45, 2.75) is 46.6 Å². The van der Waals surface area contributed by atoms with Crippen LogP contribution in [0.3, 0.4) is 0 Å². The van der Waals surface area contributed by atoms with Crippen LogP contribution in [-0.2, 0) is 0 Å². The molecule has 17 heavy (non-hydrogen) atoms. The molecule has 0 aromatic heterocycles. The first-order chi connectivity index (χ1) is 7.56. The Labute approximate surface area is 128 Å². The van der Waals surface area contributed by atoms with Crippen LogP contribution in [0.4, 0.5) is 0 Å². The van der Waals surface area contributed by atoms with Crippen LogP contribution < -0.4 is 11.1 Å². The smallest absolute Gasteiger partial charge is 0.188 e. The molecule has 0 amide bonds. The van der Waals surface area contributed by atoms with Crippen LogP contribution in [0.25, 0.3) is 0 Å². The summed E-state index contributed by atoms with van der Waals surface area (Å²) in [6.45, 7) is 9.58. The normalized spacial score (nSPS) is 13.4. The number of nitrogens with two attached hydrogens (primary N) is 1.